The molecule has 15 rings (SSSR count). The zero-order valence-corrected chi connectivity index (χ0v) is 36.7. The molecule has 0 fully saturated rings. The third kappa shape index (κ3) is 4.49. The first-order chi connectivity index (χ1) is 32.7. The van der Waals surface area contributed by atoms with E-state index in [1.54, 1.807) is 0 Å². The van der Waals surface area contributed by atoms with Gasteiger partial charge in [0.25, 0.3) is 0 Å². The molecule has 0 N–H and O–H groups in total. The Balaban J connectivity index is 0.882. The van der Waals surface area contributed by atoms with Crippen molar-refractivity contribution in [2.45, 2.75) is 10.8 Å². The van der Waals surface area contributed by atoms with E-state index in [9.17, 15) is 0 Å². The molecule has 2 heteroatoms. The molecular formula is C64H39NS. The summed E-state index contributed by atoms with van der Waals surface area (Å²) in [7, 11) is 0. The first-order valence-electron chi connectivity index (χ1n) is 23.0. The highest BCUT2D eigenvalue weighted by molar-refractivity contribution is 7.22. The number of fused-ring (bicyclic) bond motifs is 22. The van der Waals surface area contributed by atoms with Crippen LogP contribution in [0.1, 0.15) is 44.5 Å². The van der Waals surface area contributed by atoms with E-state index in [2.05, 4.69) is 241 Å². The standard InChI is InChI=1S/C64H39NS/c1-2-16-42(17-3-1)65(44-35-36-50-49-22-6-12-26-55(49)63(59(50)39-44)53-24-10-4-18-45(53)46-19-5-11-25-54(46)63)43-33-30-40(31-34-43)41-32-37-58-52(38-41)62-61(51-23-9-15-29-60(51)66-62)64(58)56-27-13-7-20-47(56)48-21-8-14-28-57(48)64/h1-39H. The first kappa shape index (κ1) is 36.3. The number of rotatable bonds is 4. The second-order valence-corrected chi connectivity index (χ2v) is 19.3. The largest absolute Gasteiger partial charge is 0.310 e. The van der Waals surface area contributed by atoms with E-state index in [0.717, 1.165) is 17.1 Å². The Morgan fingerprint density at radius 3 is 1.32 bits per heavy atom. The smallest absolute Gasteiger partial charge is 0.0740 e. The molecule has 0 bridgehead atoms. The monoisotopic (exact) mass is 853 g/mol. The van der Waals surface area contributed by atoms with Crippen LogP contribution >= 0.6 is 11.3 Å². The number of thiophene rings is 1. The van der Waals surface area contributed by atoms with Crippen LogP contribution in [0.2, 0.25) is 0 Å². The van der Waals surface area contributed by atoms with E-state index < -0.39 is 5.41 Å². The highest BCUT2D eigenvalue weighted by Gasteiger charge is 2.54. The lowest BCUT2D eigenvalue weighted by atomic mass is 9.70. The molecule has 0 radical (unpaired) electrons. The number of nitrogens with zero attached hydrogens (tertiary/aromatic N) is 1. The summed E-state index contributed by atoms with van der Waals surface area (Å²) in [5.41, 5.74) is 25.3. The van der Waals surface area contributed by atoms with E-state index in [-0.39, 0.29) is 5.41 Å². The maximum absolute atomic E-state index is 2.48. The Labute approximate surface area is 388 Å². The minimum Gasteiger partial charge on any atom is -0.310 e. The molecule has 306 valence electrons. The average molecular weight is 854 g/mol. The maximum atomic E-state index is 2.48. The van der Waals surface area contributed by atoms with E-state index in [4.69, 9.17) is 0 Å². The summed E-state index contributed by atoms with van der Waals surface area (Å²) in [6, 6.07) is 88.9. The summed E-state index contributed by atoms with van der Waals surface area (Å²) >= 11 is 1.94. The van der Waals surface area contributed by atoms with Crippen LogP contribution in [-0.4, -0.2) is 0 Å². The number of hydrogen-bond acceptors (Lipinski definition) is 2. The molecule has 10 aromatic carbocycles. The van der Waals surface area contributed by atoms with Crippen molar-refractivity contribution in [2.75, 3.05) is 4.90 Å². The van der Waals surface area contributed by atoms with Gasteiger partial charge in [0.15, 0.2) is 0 Å². The first-order valence-corrected chi connectivity index (χ1v) is 23.8. The van der Waals surface area contributed by atoms with Crippen molar-refractivity contribution < 1.29 is 0 Å². The molecular weight excluding hydrogens is 815 g/mol. The minimum absolute atomic E-state index is 0.367. The van der Waals surface area contributed by atoms with Gasteiger partial charge in [0.2, 0.25) is 0 Å². The van der Waals surface area contributed by atoms with Crippen LogP contribution in [0.5, 0.6) is 0 Å². The lowest BCUT2D eigenvalue weighted by Crippen LogP contribution is -2.26. The van der Waals surface area contributed by atoms with Gasteiger partial charge in [-0.05, 0) is 148 Å². The van der Waals surface area contributed by atoms with Gasteiger partial charge in [-0.15, -0.1) is 11.3 Å². The van der Waals surface area contributed by atoms with Crippen molar-refractivity contribution in [1.29, 1.82) is 0 Å². The third-order valence-electron chi connectivity index (χ3n) is 15.3. The van der Waals surface area contributed by atoms with Crippen molar-refractivity contribution in [3.63, 3.8) is 0 Å². The Morgan fingerprint density at radius 1 is 0.288 bits per heavy atom. The predicted molar refractivity (Wildman–Crippen MR) is 275 cm³/mol. The van der Waals surface area contributed by atoms with Gasteiger partial charge >= 0.3 is 0 Å². The topological polar surface area (TPSA) is 3.24 Å². The summed E-state index contributed by atoms with van der Waals surface area (Å²) < 4.78 is 1.34. The molecule has 4 aliphatic carbocycles. The molecule has 2 spiro atoms. The lowest BCUT2D eigenvalue weighted by molar-refractivity contribution is 0.793. The molecule has 0 unspecified atom stereocenters. The summed E-state index contributed by atoms with van der Waals surface area (Å²) in [5, 5.41) is 1.36. The van der Waals surface area contributed by atoms with Crippen molar-refractivity contribution in [2.24, 2.45) is 0 Å². The van der Waals surface area contributed by atoms with Crippen LogP contribution in [0, 0.1) is 0 Å². The fourth-order valence-electron chi connectivity index (χ4n) is 12.8. The lowest BCUT2D eigenvalue weighted by Gasteiger charge is -2.32. The zero-order valence-electron chi connectivity index (χ0n) is 35.9. The van der Waals surface area contributed by atoms with E-state index in [1.165, 1.54) is 110 Å². The van der Waals surface area contributed by atoms with Crippen molar-refractivity contribution >= 4 is 38.5 Å². The molecule has 1 heterocycles. The van der Waals surface area contributed by atoms with Gasteiger partial charge in [-0.1, -0.05) is 188 Å². The molecule has 1 aromatic heterocycles. The second kappa shape index (κ2) is 13.3. The molecule has 0 saturated heterocycles. The zero-order chi connectivity index (χ0) is 43.1. The minimum atomic E-state index is -0.412. The highest BCUT2D eigenvalue weighted by atomic mass is 32.1. The third-order valence-corrected chi connectivity index (χ3v) is 16.5. The van der Waals surface area contributed by atoms with Gasteiger partial charge in [-0.25, -0.2) is 0 Å². The van der Waals surface area contributed by atoms with E-state index in [1.807, 2.05) is 11.3 Å². The SMILES string of the molecule is c1ccc(N(c2ccc(-c3ccc4c(c3)-c3sc5ccccc5c3C43c4ccccc4-c4ccccc43)cc2)c2ccc3c(c2)C2(c4ccccc4-c4ccccc42)c2ccccc2-3)cc1. The summed E-state index contributed by atoms with van der Waals surface area (Å²) in [4.78, 5) is 3.81. The summed E-state index contributed by atoms with van der Waals surface area (Å²) in [5.74, 6) is 0. The summed E-state index contributed by atoms with van der Waals surface area (Å²) in [6.45, 7) is 0. The van der Waals surface area contributed by atoms with Crippen LogP contribution in [0.3, 0.4) is 0 Å². The Morgan fingerprint density at radius 2 is 0.727 bits per heavy atom. The fourth-order valence-corrected chi connectivity index (χ4v) is 14.1. The van der Waals surface area contributed by atoms with Crippen LogP contribution < -0.4 is 4.90 Å². The normalized spacial score (nSPS) is 14.3. The van der Waals surface area contributed by atoms with Gasteiger partial charge in [0, 0.05) is 26.6 Å². The predicted octanol–water partition coefficient (Wildman–Crippen LogP) is 16.7. The van der Waals surface area contributed by atoms with Gasteiger partial charge < -0.3 is 4.90 Å². The maximum Gasteiger partial charge on any atom is 0.0740 e. The highest BCUT2D eigenvalue weighted by Crippen LogP contribution is 2.67. The van der Waals surface area contributed by atoms with Crippen LogP contribution in [-0.2, 0) is 10.8 Å². The molecule has 11 aromatic rings. The van der Waals surface area contributed by atoms with Gasteiger partial charge in [0.05, 0.1) is 10.8 Å². The molecule has 0 atom stereocenters. The average Bonchev–Trinajstić information content (AvgIpc) is 4.15. The van der Waals surface area contributed by atoms with E-state index >= 15 is 0 Å². The Hall–Kier alpha value is -8.04. The number of para-hydroxylation sites is 1. The molecule has 1 nitrogen and oxygen atoms in total. The quantitative estimate of drug-likeness (QED) is 0.170. The molecule has 0 aliphatic heterocycles. The van der Waals surface area contributed by atoms with Crippen molar-refractivity contribution in [1.82, 2.24) is 0 Å². The van der Waals surface area contributed by atoms with Crippen molar-refractivity contribution in [3.8, 4) is 54.9 Å². The molecule has 0 amide bonds. The van der Waals surface area contributed by atoms with Gasteiger partial charge in [-0.3, -0.25) is 0 Å². The summed E-state index contributed by atoms with van der Waals surface area (Å²) in [6.07, 6.45) is 0. The Bertz CT molecular complexity index is 3730. The van der Waals surface area contributed by atoms with Gasteiger partial charge in [0.1, 0.15) is 0 Å². The Kier molecular flexibility index (Phi) is 7.30. The van der Waals surface area contributed by atoms with Gasteiger partial charge in [-0.2, -0.15) is 0 Å². The number of hydrogen-bond donors (Lipinski definition) is 0. The number of anilines is 3. The molecule has 0 saturated carbocycles. The number of benzene rings is 10. The van der Waals surface area contributed by atoms with Crippen LogP contribution in [0.25, 0.3) is 65.0 Å². The van der Waals surface area contributed by atoms with E-state index in [0.29, 0.717) is 0 Å². The molecule has 66 heavy (non-hydrogen) atoms. The van der Waals surface area contributed by atoms with Crippen molar-refractivity contribution in [3.05, 3.63) is 281 Å². The fraction of sp³-hybridized carbons (Fsp3) is 0.0312. The molecule has 4 aliphatic rings. The van der Waals surface area contributed by atoms with Crippen LogP contribution in [0.4, 0.5) is 17.1 Å². The van der Waals surface area contributed by atoms with Crippen LogP contribution in [0.15, 0.2) is 237 Å². The second-order valence-electron chi connectivity index (χ2n) is 18.2.